The summed E-state index contributed by atoms with van der Waals surface area (Å²) in [5.41, 5.74) is 9.58. The van der Waals surface area contributed by atoms with Crippen LogP contribution in [0, 0.1) is 5.92 Å². The molecule has 23 heavy (non-hydrogen) atoms. The van der Waals surface area contributed by atoms with Gasteiger partial charge in [-0.3, -0.25) is 0 Å². The second kappa shape index (κ2) is 7.79. The standard InChI is InChI=1S/C22H29N/c23-22(16-19-10-4-1-5-11-19,17-20-12-6-2-7-13-20)18-21-14-8-3-9-15-21/h1-2,4-7,10-13,21H,3,8-9,14-18,23H2. The summed E-state index contributed by atoms with van der Waals surface area (Å²) < 4.78 is 0. The third-order valence-corrected chi connectivity index (χ3v) is 5.22. The molecule has 1 aliphatic carbocycles. The van der Waals surface area contributed by atoms with Gasteiger partial charge in [-0.25, -0.2) is 0 Å². The summed E-state index contributed by atoms with van der Waals surface area (Å²) in [6, 6.07) is 21.5. The first kappa shape index (κ1) is 16.3. The van der Waals surface area contributed by atoms with Gasteiger partial charge in [0.05, 0.1) is 0 Å². The Bertz CT molecular complexity index is 528. The van der Waals surface area contributed by atoms with E-state index < -0.39 is 0 Å². The molecule has 2 aromatic rings. The summed E-state index contributed by atoms with van der Waals surface area (Å²) in [4.78, 5) is 0. The summed E-state index contributed by atoms with van der Waals surface area (Å²) in [7, 11) is 0. The van der Waals surface area contributed by atoms with E-state index in [4.69, 9.17) is 5.73 Å². The first-order valence-corrected chi connectivity index (χ1v) is 9.10. The van der Waals surface area contributed by atoms with Crippen molar-refractivity contribution in [3.8, 4) is 0 Å². The molecule has 1 fully saturated rings. The van der Waals surface area contributed by atoms with Gasteiger partial charge in [0.25, 0.3) is 0 Å². The smallest absolute Gasteiger partial charge is 0.0238 e. The maximum Gasteiger partial charge on any atom is 0.0238 e. The van der Waals surface area contributed by atoms with E-state index in [9.17, 15) is 0 Å². The molecule has 2 aromatic carbocycles. The minimum atomic E-state index is -0.134. The van der Waals surface area contributed by atoms with E-state index in [2.05, 4.69) is 60.7 Å². The first-order valence-electron chi connectivity index (χ1n) is 9.10. The lowest BCUT2D eigenvalue weighted by Gasteiger charge is -2.35. The number of nitrogens with two attached hydrogens (primary N) is 1. The van der Waals surface area contributed by atoms with Crippen LogP contribution in [0.2, 0.25) is 0 Å². The zero-order chi connectivity index (χ0) is 16.0. The third kappa shape index (κ3) is 4.94. The van der Waals surface area contributed by atoms with E-state index >= 15 is 0 Å². The monoisotopic (exact) mass is 307 g/mol. The highest BCUT2D eigenvalue weighted by Gasteiger charge is 2.30. The van der Waals surface area contributed by atoms with Crippen LogP contribution in [0.15, 0.2) is 60.7 Å². The second-order valence-electron chi connectivity index (χ2n) is 7.40. The van der Waals surface area contributed by atoms with E-state index in [1.54, 1.807) is 0 Å². The maximum absolute atomic E-state index is 6.99. The molecule has 0 heterocycles. The molecule has 0 radical (unpaired) electrons. The molecule has 1 aliphatic rings. The third-order valence-electron chi connectivity index (χ3n) is 5.22. The fraction of sp³-hybridized carbons (Fsp3) is 0.455. The average molecular weight is 307 g/mol. The Kier molecular flexibility index (Phi) is 5.51. The zero-order valence-electron chi connectivity index (χ0n) is 14.1. The SMILES string of the molecule is NC(Cc1ccccc1)(Cc1ccccc1)CC1CCCCC1. The summed E-state index contributed by atoms with van der Waals surface area (Å²) in [5, 5.41) is 0. The van der Waals surface area contributed by atoms with E-state index in [1.807, 2.05) is 0 Å². The highest BCUT2D eigenvalue weighted by Crippen LogP contribution is 2.33. The molecule has 0 saturated heterocycles. The predicted octanol–water partition coefficient (Wildman–Crippen LogP) is 5.14. The van der Waals surface area contributed by atoms with E-state index in [1.165, 1.54) is 43.2 Å². The van der Waals surface area contributed by atoms with Crippen LogP contribution in [0.4, 0.5) is 0 Å². The molecular weight excluding hydrogens is 278 g/mol. The Morgan fingerprint density at radius 3 is 1.70 bits per heavy atom. The largest absolute Gasteiger partial charge is 0.324 e. The van der Waals surface area contributed by atoms with Gasteiger partial charge in [-0.1, -0.05) is 92.8 Å². The van der Waals surface area contributed by atoms with Crippen molar-refractivity contribution >= 4 is 0 Å². The fourth-order valence-corrected chi connectivity index (χ4v) is 4.18. The normalized spacial score (nSPS) is 16.4. The highest BCUT2D eigenvalue weighted by molar-refractivity contribution is 5.22. The van der Waals surface area contributed by atoms with Crippen LogP contribution < -0.4 is 5.73 Å². The lowest BCUT2D eigenvalue weighted by Crippen LogP contribution is -2.46. The van der Waals surface area contributed by atoms with Gasteiger partial charge in [-0.05, 0) is 36.3 Å². The highest BCUT2D eigenvalue weighted by atomic mass is 14.7. The van der Waals surface area contributed by atoms with Crippen molar-refractivity contribution in [2.24, 2.45) is 11.7 Å². The first-order chi connectivity index (χ1) is 11.2. The van der Waals surface area contributed by atoms with Crippen molar-refractivity contribution in [3.63, 3.8) is 0 Å². The number of hydrogen-bond donors (Lipinski definition) is 1. The van der Waals surface area contributed by atoms with Crippen LogP contribution in [-0.2, 0) is 12.8 Å². The van der Waals surface area contributed by atoms with E-state index in [-0.39, 0.29) is 5.54 Å². The molecule has 1 nitrogen and oxygen atoms in total. The number of benzene rings is 2. The molecule has 1 heteroatoms. The van der Waals surface area contributed by atoms with Crippen molar-refractivity contribution < 1.29 is 0 Å². The molecule has 0 aromatic heterocycles. The van der Waals surface area contributed by atoms with E-state index in [0.717, 1.165) is 25.2 Å². The van der Waals surface area contributed by atoms with Gasteiger partial charge in [0.2, 0.25) is 0 Å². The summed E-state index contributed by atoms with van der Waals surface area (Å²) in [5.74, 6) is 0.807. The second-order valence-corrected chi connectivity index (χ2v) is 7.40. The van der Waals surface area contributed by atoms with Gasteiger partial charge in [0, 0.05) is 5.54 Å². The van der Waals surface area contributed by atoms with Crippen LogP contribution in [0.3, 0.4) is 0 Å². The van der Waals surface area contributed by atoms with Crippen molar-refractivity contribution in [2.45, 2.75) is 56.9 Å². The molecule has 0 spiro atoms. The maximum atomic E-state index is 6.99. The van der Waals surface area contributed by atoms with Gasteiger partial charge in [0.15, 0.2) is 0 Å². The van der Waals surface area contributed by atoms with Crippen LogP contribution in [0.5, 0.6) is 0 Å². The van der Waals surface area contributed by atoms with E-state index in [0.29, 0.717) is 0 Å². The fourth-order valence-electron chi connectivity index (χ4n) is 4.18. The molecule has 0 aliphatic heterocycles. The minimum absolute atomic E-state index is 0.134. The molecule has 0 bridgehead atoms. The minimum Gasteiger partial charge on any atom is -0.324 e. The van der Waals surface area contributed by atoms with Crippen molar-refractivity contribution in [1.29, 1.82) is 0 Å². The van der Waals surface area contributed by atoms with Gasteiger partial charge in [0.1, 0.15) is 0 Å². The Morgan fingerprint density at radius 1 is 0.739 bits per heavy atom. The molecule has 1 saturated carbocycles. The van der Waals surface area contributed by atoms with Crippen molar-refractivity contribution in [2.75, 3.05) is 0 Å². The Morgan fingerprint density at radius 2 is 1.22 bits per heavy atom. The van der Waals surface area contributed by atoms with Crippen LogP contribution in [0.25, 0.3) is 0 Å². The van der Waals surface area contributed by atoms with Crippen molar-refractivity contribution in [1.82, 2.24) is 0 Å². The molecule has 2 N–H and O–H groups in total. The Hall–Kier alpha value is -1.60. The number of hydrogen-bond acceptors (Lipinski definition) is 1. The molecule has 0 atom stereocenters. The quantitative estimate of drug-likeness (QED) is 0.785. The Balaban J connectivity index is 1.76. The predicted molar refractivity (Wildman–Crippen MR) is 98.4 cm³/mol. The van der Waals surface area contributed by atoms with Crippen LogP contribution in [-0.4, -0.2) is 5.54 Å². The van der Waals surface area contributed by atoms with Crippen LogP contribution in [0.1, 0.15) is 49.7 Å². The molecule has 0 unspecified atom stereocenters. The van der Waals surface area contributed by atoms with Gasteiger partial charge < -0.3 is 5.73 Å². The molecule has 122 valence electrons. The summed E-state index contributed by atoms with van der Waals surface area (Å²) >= 11 is 0. The molecular formula is C22H29N. The van der Waals surface area contributed by atoms with Gasteiger partial charge >= 0.3 is 0 Å². The van der Waals surface area contributed by atoms with Crippen LogP contribution >= 0.6 is 0 Å². The van der Waals surface area contributed by atoms with Gasteiger partial charge in [-0.2, -0.15) is 0 Å². The number of rotatable bonds is 6. The Labute approximate surface area is 140 Å². The zero-order valence-corrected chi connectivity index (χ0v) is 14.1. The van der Waals surface area contributed by atoms with Gasteiger partial charge in [-0.15, -0.1) is 0 Å². The summed E-state index contributed by atoms with van der Waals surface area (Å²) in [6.45, 7) is 0. The summed E-state index contributed by atoms with van der Waals surface area (Å²) in [6.07, 6.45) is 10.0. The lowest BCUT2D eigenvalue weighted by atomic mass is 9.74. The lowest BCUT2D eigenvalue weighted by molar-refractivity contribution is 0.254. The topological polar surface area (TPSA) is 26.0 Å². The average Bonchev–Trinajstić information content (AvgIpc) is 2.57. The molecule has 3 rings (SSSR count). The van der Waals surface area contributed by atoms with Crippen molar-refractivity contribution in [3.05, 3.63) is 71.8 Å². The molecule has 0 amide bonds.